The number of methoxy groups -OCH3 is 1. The predicted octanol–water partition coefficient (Wildman–Crippen LogP) is 1.42. The van der Waals surface area contributed by atoms with Gasteiger partial charge < -0.3 is 10.5 Å². The molecule has 1 aromatic heterocycles. The monoisotopic (exact) mass is 202 g/mol. The van der Waals surface area contributed by atoms with Crippen molar-refractivity contribution in [2.45, 2.75) is 6.43 Å². The lowest BCUT2D eigenvalue weighted by atomic mass is 10.1. The first kappa shape index (κ1) is 10.4. The van der Waals surface area contributed by atoms with Gasteiger partial charge in [0.1, 0.15) is 5.82 Å². The van der Waals surface area contributed by atoms with Crippen LogP contribution >= 0.6 is 0 Å². The zero-order valence-corrected chi connectivity index (χ0v) is 7.33. The number of nitrogens with zero attached hydrogens (tertiary/aromatic N) is 1. The molecular weight excluding hydrogens is 194 g/mol. The summed E-state index contributed by atoms with van der Waals surface area (Å²) in [6.07, 6.45) is -2.53. The van der Waals surface area contributed by atoms with E-state index in [0.717, 1.165) is 6.07 Å². The number of carbonyl (C=O) groups is 1. The van der Waals surface area contributed by atoms with Crippen LogP contribution in [0, 0.1) is 0 Å². The van der Waals surface area contributed by atoms with Crippen LogP contribution in [0.15, 0.2) is 6.07 Å². The minimum atomic E-state index is -2.83. The van der Waals surface area contributed by atoms with Crippen molar-refractivity contribution in [3.8, 4) is 5.88 Å². The van der Waals surface area contributed by atoms with E-state index in [1.807, 2.05) is 0 Å². The maximum Gasteiger partial charge on any atom is 0.268 e. The van der Waals surface area contributed by atoms with Gasteiger partial charge in [-0.25, -0.2) is 8.78 Å². The predicted molar refractivity (Wildman–Crippen MR) is 45.5 cm³/mol. The summed E-state index contributed by atoms with van der Waals surface area (Å²) < 4.78 is 29.5. The highest BCUT2D eigenvalue weighted by Crippen LogP contribution is 2.28. The van der Waals surface area contributed by atoms with Crippen molar-refractivity contribution >= 4 is 12.1 Å². The minimum absolute atomic E-state index is 0.0361. The van der Waals surface area contributed by atoms with E-state index < -0.39 is 12.0 Å². The third-order valence-electron chi connectivity index (χ3n) is 1.65. The molecule has 0 aliphatic rings. The molecule has 1 heterocycles. The Balaban J connectivity index is 3.34. The van der Waals surface area contributed by atoms with Crippen LogP contribution < -0.4 is 10.5 Å². The van der Waals surface area contributed by atoms with Crippen LogP contribution in [0.1, 0.15) is 22.3 Å². The third kappa shape index (κ3) is 1.78. The van der Waals surface area contributed by atoms with Gasteiger partial charge in [-0.05, 0) is 0 Å². The Morgan fingerprint density at radius 3 is 2.71 bits per heavy atom. The molecule has 14 heavy (non-hydrogen) atoms. The fourth-order valence-corrected chi connectivity index (χ4v) is 1.01. The lowest BCUT2D eigenvalue weighted by Gasteiger charge is -2.08. The van der Waals surface area contributed by atoms with Gasteiger partial charge in [0.05, 0.1) is 12.7 Å². The van der Waals surface area contributed by atoms with Crippen LogP contribution in [0.2, 0.25) is 0 Å². The Bertz CT molecular complexity index is 355. The zero-order chi connectivity index (χ0) is 10.7. The quantitative estimate of drug-likeness (QED) is 0.753. The topological polar surface area (TPSA) is 65.2 Å². The summed E-state index contributed by atoms with van der Waals surface area (Å²) in [4.78, 5) is 14.0. The molecule has 0 aliphatic heterocycles. The Labute approximate surface area is 78.7 Å². The molecule has 0 aliphatic carbocycles. The number of aromatic nitrogens is 1. The van der Waals surface area contributed by atoms with Crippen molar-refractivity contribution in [2.24, 2.45) is 0 Å². The van der Waals surface area contributed by atoms with E-state index in [1.54, 1.807) is 0 Å². The van der Waals surface area contributed by atoms with Crippen molar-refractivity contribution in [2.75, 3.05) is 12.8 Å². The number of anilines is 1. The third-order valence-corrected chi connectivity index (χ3v) is 1.65. The SMILES string of the molecule is COc1cc(C=O)c(C(F)F)c(N)n1. The van der Waals surface area contributed by atoms with Crippen LogP contribution in [-0.2, 0) is 0 Å². The van der Waals surface area contributed by atoms with Crippen LogP contribution in [0.25, 0.3) is 0 Å². The van der Waals surface area contributed by atoms with Crippen LogP contribution in [0.3, 0.4) is 0 Å². The summed E-state index contributed by atoms with van der Waals surface area (Å²) in [5.74, 6) is -0.351. The number of nitrogens with two attached hydrogens (primary N) is 1. The molecule has 0 unspecified atom stereocenters. The molecule has 0 aromatic carbocycles. The van der Waals surface area contributed by atoms with E-state index in [2.05, 4.69) is 9.72 Å². The zero-order valence-electron chi connectivity index (χ0n) is 7.33. The highest BCUT2D eigenvalue weighted by atomic mass is 19.3. The smallest absolute Gasteiger partial charge is 0.268 e. The second kappa shape index (κ2) is 3.99. The van der Waals surface area contributed by atoms with Crippen LogP contribution in [0.5, 0.6) is 5.88 Å². The number of nitrogen functional groups attached to an aromatic ring is 1. The largest absolute Gasteiger partial charge is 0.481 e. The van der Waals surface area contributed by atoms with E-state index in [0.29, 0.717) is 6.29 Å². The van der Waals surface area contributed by atoms with Gasteiger partial charge in [-0.2, -0.15) is 4.98 Å². The number of pyridine rings is 1. The number of rotatable bonds is 3. The average molecular weight is 202 g/mol. The number of halogens is 2. The Morgan fingerprint density at radius 2 is 2.29 bits per heavy atom. The number of aldehydes is 1. The average Bonchev–Trinajstić information content (AvgIpc) is 2.15. The molecule has 1 rings (SSSR count). The molecule has 0 bridgehead atoms. The van der Waals surface area contributed by atoms with Gasteiger partial charge in [0.25, 0.3) is 6.43 Å². The van der Waals surface area contributed by atoms with Crippen molar-refractivity contribution in [1.29, 1.82) is 0 Å². The van der Waals surface area contributed by atoms with Gasteiger partial charge in [0.2, 0.25) is 5.88 Å². The van der Waals surface area contributed by atoms with E-state index in [4.69, 9.17) is 5.73 Å². The van der Waals surface area contributed by atoms with Crippen molar-refractivity contribution in [3.63, 3.8) is 0 Å². The van der Waals surface area contributed by atoms with Gasteiger partial charge in [-0.15, -0.1) is 0 Å². The summed E-state index contributed by atoms with van der Waals surface area (Å²) in [5.41, 5.74) is 4.49. The number of hydrogen-bond donors (Lipinski definition) is 1. The fraction of sp³-hybridized carbons (Fsp3) is 0.250. The maximum atomic E-state index is 12.4. The highest BCUT2D eigenvalue weighted by Gasteiger charge is 2.18. The Morgan fingerprint density at radius 1 is 1.64 bits per heavy atom. The number of ether oxygens (including phenoxy) is 1. The minimum Gasteiger partial charge on any atom is -0.481 e. The molecule has 2 N–H and O–H groups in total. The highest BCUT2D eigenvalue weighted by molar-refractivity contribution is 5.80. The van der Waals surface area contributed by atoms with Gasteiger partial charge in [0, 0.05) is 11.6 Å². The lowest BCUT2D eigenvalue weighted by molar-refractivity contribution is 0.110. The van der Waals surface area contributed by atoms with Gasteiger partial charge in [0.15, 0.2) is 6.29 Å². The van der Waals surface area contributed by atoms with Crippen LogP contribution in [0.4, 0.5) is 14.6 Å². The van der Waals surface area contributed by atoms with E-state index in [9.17, 15) is 13.6 Å². The first-order chi connectivity index (χ1) is 6.60. The second-order valence-electron chi connectivity index (χ2n) is 2.47. The summed E-state index contributed by atoms with van der Waals surface area (Å²) in [5, 5.41) is 0. The lowest BCUT2D eigenvalue weighted by Crippen LogP contribution is -2.04. The molecule has 0 radical (unpaired) electrons. The molecule has 1 aromatic rings. The molecule has 0 amide bonds. The van der Waals surface area contributed by atoms with E-state index >= 15 is 0 Å². The van der Waals surface area contributed by atoms with E-state index in [1.165, 1.54) is 7.11 Å². The fourth-order valence-electron chi connectivity index (χ4n) is 1.01. The van der Waals surface area contributed by atoms with Crippen LogP contribution in [-0.4, -0.2) is 18.4 Å². The number of alkyl halides is 2. The second-order valence-corrected chi connectivity index (χ2v) is 2.47. The molecule has 0 saturated heterocycles. The molecule has 6 heteroatoms. The summed E-state index contributed by atoms with van der Waals surface area (Å²) in [6.45, 7) is 0. The standard InChI is InChI=1S/C8H8F2N2O2/c1-14-5-2-4(3-13)6(7(9)10)8(11)12-5/h2-3,7H,1H3,(H2,11,12). The van der Waals surface area contributed by atoms with Gasteiger partial charge >= 0.3 is 0 Å². The Hall–Kier alpha value is -1.72. The molecule has 0 saturated carbocycles. The first-order valence-electron chi connectivity index (χ1n) is 3.68. The number of hydrogen-bond acceptors (Lipinski definition) is 4. The Kier molecular flexibility index (Phi) is 2.95. The molecule has 4 nitrogen and oxygen atoms in total. The summed E-state index contributed by atoms with van der Waals surface area (Å²) in [6, 6.07) is 1.12. The van der Waals surface area contributed by atoms with Gasteiger partial charge in [-0.1, -0.05) is 0 Å². The normalized spacial score (nSPS) is 10.3. The molecule has 76 valence electrons. The van der Waals surface area contributed by atoms with E-state index in [-0.39, 0.29) is 17.3 Å². The molecule has 0 atom stereocenters. The first-order valence-corrected chi connectivity index (χ1v) is 3.68. The number of carbonyl (C=O) groups excluding carboxylic acids is 1. The summed E-state index contributed by atoms with van der Waals surface area (Å²) in [7, 11) is 1.30. The molecule has 0 spiro atoms. The van der Waals surface area contributed by atoms with Gasteiger partial charge in [-0.3, -0.25) is 4.79 Å². The molecular formula is C8H8F2N2O2. The maximum absolute atomic E-state index is 12.4. The van der Waals surface area contributed by atoms with Crippen molar-refractivity contribution in [1.82, 2.24) is 4.98 Å². The van der Waals surface area contributed by atoms with Crippen molar-refractivity contribution in [3.05, 3.63) is 17.2 Å². The van der Waals surface area contributed by atoms with Crippen molar-refractivity contribution < 1.29 is 18.3 Å². The molecule has 0 fully saturated rings. The summed E-state index contributed by atoms with van der Waals surface area (Å²) >= 11 is 0.